The average molecular weight is 253 g/mol. The Hall–Kier alpha value is -0.300. The first kappa shape index (κ1) is 10.2. The van der Waals surface area contributed by atoms with Crippen molar-refractivity contribution < 1.29 is 0 Å². The van der Waals surface area contributed by atoms with Crippen LogP contribution in [0, 0.1) is 0 Å². The van der Waals surface area contributed by atoms with E-state index in [0.29, 0.717) is 4.83 Å². The molecule has 0 spiro atoms. The predicted octanol–water partition coefficient (Wildman–Crippen LogP) is 3.89. The number of benzene rings is 1. The third kappa shape index (κ3) is 2.38. The van der Waals surface area contributed by atoms with Crippen LogP contribution in [0.4, 0.5) is 0 Å². The highest BCUT2D eigenvalue weighted by Crippen LogP contribution is 2.23. The molecule has 0 N–H and O–H groups in total. The van der Waals surface area contributed by atoms with Gasteiger partial charge in [-0.3, -0.25) is 0 Å². The summed E-state index contributed by atoms with van der Waals surface area (Å²) >= 11 is 3.61. The lowest BCUT2D eigenvalue weighted by Crippen LogP contribution is -2.04. The Balaban J connectivity index is 2.20. The number of hydrogen-bond acceptors (Lipinski definition) is 0. The summed E-state index contributed by atoms with van der Waals surface area (Å²) in [5.74, 6) is 0. The standard InChI is InChI=1S/C13H17Br/c1-10(14)8-11-6-7-12-4-2-3-5-13(12)9-11/h6-7,9-10H,2-5,8H2,1H3. The molecule has 1 aromatic carbocycles. The third-order valence-corrected chi connectivity index (χ3v) is 3.25. The highest BCUT2D eigenvalue weighted by molar-refractivity contribution is 9.09. The monoisotopic (exact) mass is 252 g/mol. The lowest BCUT2D eigenvalue weighted by atomic mass is 9.90. The van der Waals surface area contributed by atoms with E-state index >= 15 is 0 Å². The van der Waals surface area contributed by atoms with Gasteiger partial charge in [0.05, 0.1) is 0 Å². The van der Waals surface area contributed by atoms with Crippen LogP contribution in [-0.2, 0) is 19.3 Å². The number of halogens is 1. The van der Waals surface area contributed by atoms with Crippen molar-refractivity contribution >= 4 is 15.9 Å². The molecule has 0 heterocycles. The van der Waals surface area contributed by atoms with Gasteiger partial charge in [0.2, 0.25) is 0 Å². The Morgan fingerprint density at radius 2 is 1.93 bits per heavy atom. The van der Waals surface area contributed by atoms with E-state index in [1.54, 1.807) is 11.1 Å². The SMILES string of the molecule is CC(Br)Cc1ccc2c(c1)CCCC2. The number of fused-ring (bicyclic) bond motifs is 1. The largest absolute Gasteiger partial charge is 0.0890 e. The first-order chi connectivity index (χ1) is 6.75. The van der Waals surface area contributed by atoms with Crippen molar-refractivity contribution in [1.82, 2.24) is 0 Å². The van der Waals surface area contributed by atoms with Gasteiger partial charge in [0.15, 0.2) is 0 Å². The minimum absolute atomic E-state index is 0.587. The van der Waals surface area contributed by atoms with Crippen LogP contribution in [-0.4, -0.2) is 4.83 Å². The van der Waals surface area contributed by atoms with Gasteiger partial charge in [-0.2, -0.15) is 0 Å². The maximum absolute atomic E-state index is 3.61. The Kier molecular flexibility index (Phi) is 3.27. The Morgan fingerprint density at radius 1 is 1.21 bits per heavy atom. The van der Waals surface area contributed by atoms with Crippen LogP contribution in [0.5, 0.6) is 0 Å². The summed E-state index contributed by atoms with van der Waals surface area (Å²) in [6.07, 6.45) is 6.48. The molecule has 0 saturated carbocycles. The van der Waals surface area contributed by atoms with E-state index in [-0.39, 0.29) is 0 Å². The smallest absolute Gasteiger partial charge is 0.0157 e. The van der Waals surface area contributed by atoms with Gasteiger partial charge < -0.3 is 0 Å². The summed E-state index contributed by atoms with van der Waals surface area (Å²) in [6, 6.07) is 7.04. The maximum Gasteiger partial charge on any atom is 0.0157 e. The molecule has 1 unspecified atom stereocenters. The minimum Gasteiger partial charge on any atom is -0.0890 e. The molecular formula is C13H17Br. The summed E-state index contributed by atoms with van der Waals surface area (Å²) in [6.45, 7) is 2.21. The average Bonchev–Trinajstić information content (AvgIpc) is 2.17. The van der Waals surface area contributed by atoms with Crippen LogP contribution in [0.2, 0.25) is 0 Å². The molecule has 0 bridgehead atoms. The van der Waals surface area contributed by atoms with Crippen LogP contribution in [0.25, 0.3) is 0 Å². The molecule has 1 aliphatic rings. The minimum atomic E-state index is 0.587. The Labute approximate surface area is 94.8 Å². The quantitative estimate of drug-likeness (QED) is 0.701. The van der Waals surface area contributed by atoms with Crippen molar-refractivity contribution in [3.05, 3.63) is 34.9 Å². The highest BCUT2D eigenvalue weighted by Gasteiger charge is 2.09. The number of alkyl halides is 1. The van der Waals surface area contributed by atoms with E-state index in [1.165, 1.54) is 31.2 Å². The molecule has 0 radical (unpaired) electrons. The Bertz CT molecular complexity index is 315. The fraction of sp³-hybridized carbons (Fsp3) is 0.538. The number of rotatable bonds is 2. The van der Waals surface area contributed by atoms with E-state index in [4.69, 9.17) is 0 Å². The van der Waals surface area contributed by atoms with Crippen molar-refractivity contribution in [2.45, 2.75) is 43.9 Å². The molecule has 1 aromatic rings. The summed E-state index contributed by atoms with van der Waals surface area (Å²) in [5.41, 5.74) is 4.67. The van der Waals surface area contributed by atoms with Gasteiger partial charge in [0.1, 0.15) is 0 Å². The molecule has 14 heavy (non-hydrogen) atoms. The fourth-order valence-corrected chi connectivity index (χ4v) is 2.61. The molecule has 76 valence electrons. The summed E-state index contributed by atoms with van der Waals surface area (Å²) in [4.78, 5) is 0.587. The van der Waals surface area contributed by atoms with E-state index < -0.39 is 0 Å². The van der Waals surface area contributed by atoms with Crippen LogP contribution in [0.3, 0.4) is 0 Å². The topological polar surface area (TPSA) is 0 Å². The third-order valence-electron chi connectivity index (χ3n) is 2.93. The van der Waals surface area contributed by atoms with Gasteiger partial charge in [0.25, 0.3) is 0 Å². The van der Waals surface area contributed by atoms with Crippen molar-refractivity contribution in [3.63, 3.8) is 0 Å². The highest BCUT2D eigenvalue weighted by atomic mass is 79.9. The normalized spacial score (nSPS) is 17.6. The van der Waals surface area contributed by atoms with Crippen molar-refractivity contribution in [1.29, 1.82) is 0 Å². The lowest BCUT2D eigenvalue weighted by Gasteiger charge is -2.16. The van der Waals surface area contributed by atoms with Crippen molar-refractivity contribution in [2.75, 3.05) is 0 Å². The molecule has 0 aliphatic heterocycles. The van der Waals surface area contributed by atoms with Crippen LogP contribution in [0.1, 0.15) is 36.5 Å². The molecule has 2 rings (SSSR count). The van der Waals surface area contributed by atoms with Gasteiger partial charge in [-0.25, -0.2) is 0 Å². The van der Waals surface area contributed by atoms with Crippen LogP contribution in [0.15, 0.2) is 18.2 Å². The van der Waals surface area contributed by atoms with E-state index in [2.05, 4.69) is 41.1 Å². The first-order valence-corrected chi connectivity index (χ1v) is 6.42. The molecule has 0 fully saturated rings. The molecule has 0 amide bonds. The van der Waals surface area contributed by atoms with E-state index in [1.807, 2.05) is 0 Å². The second-order valence-electron chi connectivity index (χ2n) is 4.30. The van der Waals surface area contributed by atoms with Gasteiger partial charge in [-0.05, 0) is 48.8 Å². The second-order valence-corrected chi connectivity index (χ2v) is 5.86. The lowest BCUT2D eigenvalue weighted by molar-refractivity contribution is 0.684. The van der Waals surface area contributed by atoms with Gasteiger partial charge >= 0.3 is 0 Å². The molecule has 1 aliphatic carbocycles. The second kappa shape index (κ2) is 4.48. The number of aryl methyl sites for hydroxylation is 2. The molecule has 1 atom stereocenters. The zero-order valence-electron chi connectivity index (χ0n) is 8.72. The molecule has 0 aromatic heterocycles. The first-order valence-electron chi connectivity index (χ1n) is 5.50. The maximum atomic E-state index is 3.61. The van der Waals surface area contributed by atoms with Crippen molar-refractivity contribution in [3.8, 4) is 0 Å². The summed E-state index contributed by atoms with van der Waals surface area (Å²) in [7, 11) is 0. The van der Waals surface area contributed by atoms with Crippen molar-refractivity contribution in [2.24, 2.45) is 0 Å². The zero-order chi connectivity index (χ0) is 9.97. The van der Waals surface area contributed by atoms with E-state index in [0.717, 1.165) is 6.42 Å². The van der Waals surface area contributed by atoms with Crippen LogP contribution < -0.4 is 0 Å². The van der Waals surface area contributed by atoms with E-state index in [9.17, 15) is 0 Å². The summed E-state index contributed by atoms with van der Waals surface area (Å²) < 4.78 is 0. The molecule has 0 saturated heterocycles. The molecule has 1 heteroatoms. The summed E-state index contributed by atoms with van der Waals surface area (Å²) in [5, 5.41) is 0. The number of hydrogen-bond donors (Lipinski definition) is 0. The predicted molar refractivity (Wildman–Crippen MR) is 65.2 cm³/mol. The van der Waals surface area contributed by atoms with Gasteiger partial charge in [0, 0.05) is 4.83 Å². The molecular weight excluding hydrogens is 236 g/mol. The fourth-order valence-electron chi connectivity index (χ4n) is 2.24. The zero-order valence-corrected chi connectivity index (χ0v) is 10.3. The van der Waals surface area contributed by atoms with Crippen LogP contribution >= 0.6 is 15.9 Å². The van der Waals surface area contributed by atoms with Gasteiger partial charge in [-0.1, -0.05) is 41.1 Å². The Morgan fingerprint density at radius 3 is 2.64 bits per heavy atom. The van der Waals surface area contributed by atoms with Gasteiger partial charge in [-0.15, -0.1) is 0 Å². The molecule has 0 nitrogen and oxygen atoms in total.